The lowest BCUT2D eigenvalue weighted by Crippen LogP contribution is -2.41. The predicted molar refractivity (Wildman–Crippen MR) is 171 cm³/mol. The molecule has 16 heteroatoms. The Morgan fingerprint density at radius 1 is 0.729 bits per heavy atom. The molecule has 1 aliphatic rings. The first-order chi connectivity index (χ1) is 23.1. The van der Waals surface area contributed by atoms with Crippen LogP contribution < -0.4 is 0 Å². The molecule has 5 aromatic rings. The van der Waals surface area contributed by atoms with E-state index in [1.54, 1.807) is 0 Å². The molecular formula is C32H21Cl3N4O9. The Morgan fingerprint density at radius 2 is 1.23 bits per heavy atom. The van der Waals surface area contributed by atoms with Gasteiger partial charge in [-0.25, -0.2) is 14.4 Å². The first kappa shape index (κ1) is 32.8. The summed E-state index contributed by atoms with van der Waals surface area (Å²) in [6.45, 7) is -0.480. The maximum Gasteiger partial charge on any atom is 0.338 e. The predicted octanol–water partition coefficient (Wildman–Crippen LogP) is 6.51. The highest BCUT2D eigenvalue weighted by atomic mass is 35.5. The summed E-state index contributed by atoms with van der Waals surface area (Å²) in [5.74, 6) is -2.43. The number of aromatic nitrogens is 3. The minimum atomic E-state index is -1.45. The number of halogens is 3. The zero-order valence-electron chi connectivity index (χ0n) is 24.3. The van der Waals surface area contributed by atoms with Crippen LogP contribution in [-0.4, -0.2) is 62.7 Å². The number of nitro benzene ring substituents is 1. The normalized spacial score (nSPS) is 18.7. The smallest absolute Gasteiger partial charge is 0.338 e. The zero-order chi connectivity index (χ0) is 33.9. The van der Waals surface area contributed by atoms with Gasteiger partial charge in [0, 0.05) is 21.1 Å². The van der Waals surface area contributed by atoms with E-state index in [1.807, 2.05) is 0 Å². The van der Waals surface area contributed by atoms with Gasteiger partial charge >= 0.3 is 17.9 Å². The fraction of sp³-hybridized carbons (Fsp3) is 0.156. The highest BCUT2D eigenvalue weighted by Gasteiger charge is 2.52. The Labute approximate surface area is 285 Å². The van der Waals surface area contributed by atoms with Crippen molar-refractivity contribution in [1.29, 1.82) is 0 Å². The number of nitro groups is 1. The molecule has 1 fully saturated rings. The van der Waals surface area contributed by atoms with Gasteiger partial charge in [0.1, 0.15) is 18.2 Å². The zero-order valence-corrected chi connectivity index (χ0v) is 26.5. The van der Waals surface area contributed by atoms with Gasteiger partial charge in [0.2, 0.25) is 6.23 Å². The van der Waals surface area contributed by atoms with Crippen LogP contribution in [0.2, 0.25) is 15.1 Å². The first-order valence-electron chi connectivity index (χ1n) is 14.1. The van der Waals surface area contributed by atoms with Gasteiger partial charge in [-0.3, -0.25) is 10.1 Å². The van der Waals surface area contributed by atoms with E-state index in [-0.39, 0.29) is 33.4 Å². The average molecular weight is 712 g/mol. The number of ether oxygens (including phenoxy) is 4. The minimum absolute atomic E-state index is 0.0683. The minimum Gasteiger partial charge on any atom is -0.459 e. The number of benzene rings is 4. The summed E-state index contributed by atoms with van der Waals surface area (Å²) < 4.78 is 23.5. The molecule has 0 saturated carbocycles. The van der Waals surface area contributed by atoms with Gasteiger partial charge in [-0.2, -0.15) is 5.10 Å². The topological polar surface area (TPSA) is 162 Å². The van der Waals surface area contributed by atoms with Crippen molar-refractivity contribution >= 4 is 69.4 Å². The van der Waals surface area contributed by atoms with E-state index >= 15 is 0 Å². The highest BCUT2D eigenvalue weighted by Crippen LogP contribution is 2.36. The lowest BCUT2D eigenvalue weighted by molar-refractivity contribution is -0.383. The van der Waals surface area contributed by atoms with Gasteiger partial charge in [0.05, 0.1) is 21.6 Å². The molecule has 0 radical (unpaired) electrons. The van der Waals surface area contributed by atoms with Crippen LogP contribution in [0.25, 0.3) is 11.0 Å². The largest absolute Gasteiger partial charge is 0.459 e. The maximum absolute atomic E-state index is 13.4. The Bertz CT molecular complexity index is 2000. The molecule has 0 bridgehead atoms. The number of hydrogen-bond donors (Lipinski definition) is 0. The molecule has 0 unspecified atom stereocenters. The number of carbonyl (C=O) groups is 3. The summed E-state index contributed by atoms with van der Waals surface area (Å²) in [4.78, 5) is 51.8. The van der Waals surface area contributed by atoms with Crippen molar-refractivity contribution in [3.63, 3.8) is 0 Å². The summed E-state index contributed by atoms with van der Waals surface area (Å²) in [5, 5.41) is 21.5. The van der Waals surface area contributed by atoms with Crippen molar-refractivity contribution in [2.75, 3.05) is 6.61 Å². The van der Waals surface area contributed by atoms with Crippen molar-refractivity contribution in [2.24, 2.45) is 0 Å². The Morgan fingerprint density at radius 3 is 1.75 bits per heavy atom. The number of carbonyl (C=O) groups excluding carboxylic acids is 3. The van der Waals surface area contributed by atoms with E-state index in [0.717, 1.165) is 4.80 Å². The van der Waals surface area contributed by atoms with E-state index in [9.17, 15) is 24.5 Å². The highest BCUT2D eigenvalue weighted by molar-refractivity contribution is 6.31. The second kappa shape index (κ2) is 14.0. The first-order valence-corrected chi connectivity index (χ1v) is 15.2. The van der Waals surface area contributed by atoms with Crippen LogP contribution in [0.15, 0.2) is 91.0 Å². The Balaban J connectivity index is 1.38. The molecule has 1 aromatic heterocycles. The van der Waals surface area contributed by atoms with Gasteiger partial charge < -0.3 is 18.9 Å². The summed E-state index contributed by atoms with van der Waals surface area (Å²) in [7, 11) is 0. The Kier molecular flexibility index (Phi) is 9.55. The van der Waals surface area contributed by atoms with Gasteiger partial charge in [-0.1, -0.05) is 40.9 Å². The van der Waals surface area contributed by atoms with Crippen molar-refractivity contribution in [3.8, 4) is 0 Å². The molecule has 1 saturated heterocycles. The number of esters is 3. The molecule has 244 valence electrons. The SMILES string of the molecule is O=C(OC[C@H]1O[C@@H](n2nc3cccc([N+](=O)[O-])c3n2)[C@H](OC(=O)c2ccc(Cl)cc2)[C@@H]1OC(=O)c1ccc(Cl)cc1)c1ccc(Cl)cc1. The van der Waals surface area contributed by atoms with Gasteiger partial charge in [0.25, 0.3) is 5.69 Å². The van der Waals surface area contributed by atoms with Crippen LogP contribution in [0, 0.1) is 10.1 Å². The van der Waals surface area contributed by atoms with Crippen LogP contribution in [0.4, 0.5) is 5.69 Å². The third-order valence-corrected chi connectivity index (χ3v) is 7.98. The second-order valence-corrected chi connectivity index (χ2v) is 11.7. The van der Waals surface area contributed by atoms with Crippen LogP contribution in [-0.2, 0) is 18.9 Å². The summed E-state index contributed by atoms with van der Waals surface area (Å²) in [5.41, 5.74) is 0.144. The Hall–Kier alpha value is -5.08. The lowest BCUT2D eigenvalue weighted by Gasteiger charge is -2.24. The lowest BCUT2D eigenvalue weighted by atomic mass is 10.1. The van der Waals surface area contributed by atoms with Crippen LogP contribution in [0.3, 0.4) is 0 Å². The van der Waals surface area contributed by atoms with Crippen molar-refractivity contribution in [1.82, 2.24) is 15.0 Å². The summed E-state index contributed by atoms with van der Waals surface area (Å²) >= 11 is 17.9. The molecule has 0 spiro atoms. The van der Waals surface area contributed by atoms with E-state index in [4.69, 9.17) is 53.8 Å². The number of rotatable bonds is 9. The van der Waals surface area contributed by atoms with E-state index in [0.29, 0.717) is 15.1 Å². The third kappa shape index (κ3) is 7.09. The van der Waals surface area contributed by atoms with E-state index in [1.165, 1.54) is 91.0 Å². The summed E-state index contributed by atoms with van der Waals surface area (Å²) in [6.07, 6.45) is -5.51. The molecule has 0 aliphatic carbocycles. The standard InChI is InChI=1S/C32H21Cl3N4O9/c33-20-10-4-17(5-11-20)30(40)45-16-25-27(47-31(41)18-6-12-21(34)13-7-18)28(48-32(42)19-8-14-22(35)15-9-19)29(46-25)38-36-23-2-1-3-24(39(43)44)26(23)37-38/h1-15,25,27-29H,16H2/t25-,27-,28-,29-/m1/s1. The molecule has 1 aliphatic heterocycles. The molecule has 6 rings (SSSR count). The van der Waals surface area contributed by atoms with Crippen LogP contribution in [0.1, 0.15) is 37.3 Å². The van der Waals surface area contributed by atoms with Gasteiger partial charge in [-0.05, 0) is 78.9 Å². The number of fused-ring (bicyclic) bond motifs is 1. The molecule has 13 nitrogen and oxygen atoms in total. The van der Waals surface area contributed by atoms with E-state index < -0.39 is 54.0 Å². The van der Waals surface area contributed by atoms with Crippen LogP contribution >= 0.6 is 34.8 Å². The quantitative estimate of drug-likeness (QED) is 0.0710. The summed E-state index contributed by atoms with van der Waals surface area (Å²) in [6, 6.07) is 21.8. The van der Waals surface area contributed by atoms with Crippen LogP contribution in [0.5, 0.6) is 0 Å². The fourth-order valence-electron chi connectivity index (χ4n) is 4.88. The molecular weight excluding hydrogens is 691 g/mol. The molecule has 4 aromatic carbocycles. The molecule has 2 heterocycles. The number of nitrogens with zero attached hydrogens (tertiary/aromatic N) is 4. The van der Waals surface area contributed by atoms with Crippen molar-refractivity contribution < 1.29 is 38.3 Å². The monoisotopic (exact) mass is 710 g/mol. The van der Waals surface area contributed by atoms with Gasteiger partial charge in [0.15, 0.2) is 17.7 Å². The number of hydrogen-bond acceptors (Lipinski definition) is 11. The van der Waals surface area contributed by atoms with Gasteiger partial charge in [-0.15, -0.1) is 9.90 Å². The second-order valence-electron chi connectivity index (χ2n) is 10.3. The van der Waals surface area contributed by atoms with Crippen molar-refractivity contribution in [2.45, 2.75) is 24.5 Å². The molecule has 0 amide bonds. The average Bonchev–Trinajstić information content (AvgIpc) is 3.65. The molecule has 48 heavy (non-hydrogen) atoms. The van der Waals surface area contributed by atoms with Crippen molar-refractivity contribution in [3.05, 3.63) is 133 Å². The van der Waals surface area contributed by atoms with E-state index in [2.05, 4.69) is 10.2 Å². The number of non-ortho nitro benzene ring substituents is 1. The third-order valence-electron chi connectivity index (χ3n) is 7.22. The maximum atomic E-state index is 13.4. The fourth-order valence-corrected chi connectivity index (χ4v) is 5.26. The molecule has 0 N–H and O–H groups in total. The molecule has 4 atom stereocenters.